The van der Waals surface area contributed by atoms with Crippen molar-refractivity contribution in [3.63, 3.8) is 0 Å². The zero-order valence-corrected chi connectivity index (χ0v) is 11.8. The Morgan fingerprint density at radius 3 is 2.31 bits per heavy atom. The third-order valence-corrected chi connectivity index (χ3v) is 3.14. The lowest BCUT2D eigenvalue weighted by molar-refractivity contribution is -0.130. The van der Waals surface area contributed by atoms with E-state index in [9.17, 15) is 4.79 Å². The third-order valence-electron chi connectivity index (χ3n) is 2.82. The standard InChI is InChI=1S/C13H27NOS/c1-3-4-11-14(2)13(15)10-8-6-5-7-9-12-16/h16H,3-12H2,1-2H3. The van der Waals surface area contributed by atoms with Crippen LogP contribution in [0.25, 0.3) is 0 Å². The van der Waals surface area contributed by atoms with Crippen molar-refractivity contribution in [1.82, 2.24) is 4.90 Å². The van der Waals surface area contributed by atoms with Crippen molar-refractivity contribution < 1.29 is 4.79 Å². The summed E-state index contributed by atoms with van der Waals surface area (Å²) in [7, 11) is 1.92. The van der Waals surface area contributed by atoms with Gasteiger partial charge in [-0.05, 0) is 25.0 Å². The van der Waals surface area contributed by atoms with E-state index in [-0.39, 0.29) is 0 Å². The first-order chi connectivity index (χ1) is 7.72. The lowest BCUT2D eigenvalue weighted by Gasteiger charge is -2.16. The molecule has 0 radical (unpaired) electrons. The maximum absolute atomic E-state index is 11.7. The van der Waals surface area contributed by atoms with Crippen LogP contribution in [0, 0.1) is 0 Å². The van der Waals surface area contributed by atoms with Crippen LogP contribution >= 0.6 is 12.6 Å². The van der Waals surface area contributed by atoms with Gasteiger partial charge < -0.3 is 4.90 Å². The number of thiol groups is 1. The van der Waals surface area contributed by atoms with Gasteiger partial charge in [0.15, 0.2) is 0 Å². The first-order valence-electron chi connectivity index (χ1n) is 6.57. The van der Waals surface area contributed by atoms with E-state index in [1.807, 2.05) is 11.9 Å². The molecule has 0 atom stereocenters. The summed E-state index contributed by atoms with van der Waals surface area (Å²) in [6.45, 7) is 3.06. The summed E-state index contributed by atoms with van der Waals surface area (Å²) in [5, 5.41) is 0. The Morgan fingerprint density at radius 2 is 1.69 bits per heavy atom. The van der Waals surface area contributed by atoms with Crippen LogP contribution in [0.4, 0.5) is 0 Å². The van der Waals surface area contributed by atoms with Crippen LogP contribution in [-0.4, -0.2) is 30.2 Å². The molecule has 0 aromatic heterocycles. The molecular weight excluding hydrogens is 218 g/mol. The third kappa shape index (κ3) is 9.08. The second-order valence-electron chi connectivity index (χ2n) is 4.41. The number of amides is 1. The fourth-order valence-corrected chi connectivity index (χ4v) is 1.85. The van der Waals surface area contributed by atoms with Gasteiger partial charge in [0.1, 0.15) is 0 Å². The molecule has 0 aliphatic heterocycles. The predicted molar refractivity (Wildman–Crippen MR) is 74.1 cm³/mol. The molecule has 0 unspecified atom stereocenters. The van der Waals surface area contributed by atoms with E-state index in [1.54, 1.807) is 0 Å². The van der Waals surface area contributed by atoms with Gasteiger partial charge in [-0.3, -0.25) is 4.79 Å². The first-order valence-corrected chi connectivity index (χ1v) is 7.20. The van der Waals surface area contributed by atoms with Crippen LogP contribution in [-0.2, 0) is 4.79 Å². The average Bonchev–Trinajstić information content (AvgIpc) is 2.30. The second kappa shape index (κ2) is 11.3. The molecular formula is C13H27NOS. The first kappa shape index (κ1) is 15.8. The zero-order valence-electron chi connectivity index (χ0n) is 10.9. The molecule has 0 aliphatic carbocycles. The molecule has 0 bridgehead atoms. The normalized spacial score (nSPS) is 10.4. The van der Waals surface area contributed by atoms with Gasteiger partial charge in [-0.1, -0.05) is 32.6 Å². The van der Waals surface area contributed by atoms with Gasteiger partial charge in [-0.15, -0.1) is 0 Å². The molecule has 0 N–H and O–H groups in total. The summed E-state index contributed by atoms with van der Waals surface area (Å²) in [4.78, 5) is 13.5. The minimum Gasteiger partial charge on any atom is -0.346 e. The van der Waals surface area contributed by atoms with E-state index in [4.69, 9.17) is 0 Å². The monoisotopic (exact) mass is 245 g/mol. The molecule has 1 amide bonds. The number of nitrogens with zero attached hydrogens (tertiary/aromatic N) is 1. The van der Waals surface area contributed by atoms with Crippen molar-refractivity contribution in [3.8, 4) is 0 Å². The molecule has 0 rings (SSSR count). The van der Waals surface area contributed by atoms with Gasteiger partial charge in [0.05, 0.1) is 0 Å². The van der Waals surface area contributed by atoms with Crippen molar-refractivity contribution in [3.05, 3.63) is 0 Å². The summed E-state index contributed by atoms with van der Waals surface area (Å²) < 4.78 is 0. The molecule has 0 fully saturated rings. The van der Waals surface area contributed by atoms with Crippen molar-refractivity contribution in [2.45, 2.75) is 58.3 Å². The summed E-state index contributed by atoms with van der Waals surface area (Å²) in [6.07, 6.45) is 8.92. The summed E-state index contributed by atoms with van der Waals surface area (Å²) >= 11 is 4.18. The molecule has 3 heteroatoms. The smallest absolute Gasteiger partial charge is 0.222 e. The highest BCUT2D eigenvalue weighted by Crippen LogP contribution is 2.07. The quantitative estimate of drug-likeness (QED) is 0.461. The van der Waals surface area contributed by atoms with Gasteiger partial charge in [0.25, 0.3) is 0 Å². The Hall–Kier alpha value is -0.180. The number of hydrogen-bond donors (Lipinski definition) is 1. The minimum atomic E-state index is 0.308. The highest BCUT2D eigenvalue weighted by molar-refractivity contribution is 7.80. The summed E-state index contributed by atoms with van der Waals surface area (Å²) in [5.41, 5.74) is 0. The maximum atomic E-state index is 11.7. The van der Waals surface area contributed by atoms with Crippen LogP contribution < -0.4 is 0 Å². The number of rotatable bonds is 10. The molecule has 2 nitrogen and oxygen atoms in total. The Kier molecular flexibility index (Phi) is 11.2. The van der Waals surface area contributed by atoms with E-state index >= 15 is 0 Å². The van der Waals surface area contributed by atoms with Crippen molar-refractivity contribution in [2.75, 3.05) is 19.3 Å². The van der Waals surface area contributed by atoms with Gasteiger partial charge >= 0.3 is 0 Å². The molecule has 0 aliphatic rings. The lowest BCUT2D eigenvalue weighted by Crippen LogP contribution is -2.27. The summed E-state index contributed by atoms with van der Waals surface area (Å²) in [6, 6.07) is 0. The molecule has 0 aromatic carbocycles. The number of unbranched alkanes of at least 4 members (excludes halogenated alkanes) is 5. The molecule has 0 aromatic rings. The van der Waals surface area contributed by atoms with Gasteiger partial charge in [0.2, 0.25) is 5.91 Å². The van der Waals surface area contributed by atoms with Gasteiger partial charge in [-0.25, -0.2) is 0 Å². The van der Waals surface area contributed by atoms with E-state index < -0.39 is 0 Å². The van der Waals surface area contributed by atoms with Crippen molar-refractivity contribution in [2.24, 2.45) is 0 Å². The maximum Gasteiger partial charge on any atom is 0.222 e. The zero-order chi connectivity index (χ0) is 12.2. The van der Waals surface area contributed by atoms with Crippen LogP contribution in [0.2, 0.25) is 0 Å². The largest absolute Gasteiger partial charge is 0.346 e. The highest BCUT2D eigenvalue weighted by Gasteiger charge is 2.06. The lowest BCUT2D eigenvalue weighted by atomic mass is 10.1. The van der Waals surface area contributed by atoms with E-state index in [2.05, 4.69) is 19.6 Å². The van der Waals surface area contributed by atoms with E-state index in [0.29, 0.717) is 5.91 Å². The molecule has 16 heavy (non-hydrogen) atoms. The van der Waals surface area contributed by atoms with Crippen LogP contribution in [0.1, 0.15) is 58.3 Å². The van der Waals surface area contributed by atoms with Crippen molar-refractivity contribution in [1.29, 1.82) is 0 Å². The second-order valence-corrected chi connectivity index (χ2v) is 4.86. The van der Waals surface area contributed by atoms with Crippen molar-refractivity contribution >= 4 is 18.5 Å². The molecule has 96 valence electrons. The van der Waals surface area contributed by atoms with E-state index in [0.717, 1.165) is 38.0 Å². The predicted octanol–water partition coefficient (Wildman–Crippen LogP) is 3.52. The average molecular weight is 245 g/mol. The van der Waals surface area contributed by atoms with Crippen LogP contribution in [0.15, 0.2) is 0 Å². The molecule has 0 saturated heterocycles. The Bertz CT molecular complexity index is 173. The number of hydrogen-bond acceptors (Lipinski definition) is 2. The molecule has 0 saturated carbocycles. The molecule has 0 spiro atoms. The van der Waals surface area contributed by atoms with E-state index in [1.165, 1.54) is 25.7 Å². The minimum absolute atomic E-state index is 0.308. The Balaban J connectivity index is 3.35. The highest BCUT2D eigenvalue weighted by atomic mass is 32.1. The Morgan fingerprint density at radius 1 is 1.06 bits per heavy atom. The number of carbonyl (C=O) groups excluding carboxylic acids is 1. The SMILES string of the molecule is CCCCN(C)C(=O)CCCCCCCS. The topological polar surface area (TPSA) is 20.3 Å². The van der Waals surface area contributed by atoms with Gasteiger partial charge in [-0.2, -0.15) is 12.6 Å². The van der Waals surface area contributed by atoms with Crippen LogP contribution in [0.3, 0.4) is 0 Å². The summed E-state index contributed by atoms with van der Waals surface area (Å²) in [5.74, 6) is 1.29. The molecule has 0 heterocycles. The number of carbonyl (C=O) groups is 1. The Labute approximate surface area is 106 Å². The van der Waals surface area contributed by atoms with Gasteiger partial charge in [0, 0.05) is 20.0 Å². The fourth-order valence-electron chi connectivity index (χ4n) is 1.63. The van der Waals surface area contributed by atoms with Crippen LogP contribution in [0.5, 0.6) is 0 Å². The fraction of sp³-hybridized carbons (Fsp3) is 0.923.